The van der Waals surface area contributed by atoms with Crippen LogP contribution in [0.25, 0.3) is 0 Å². The molecule has 1 aliphatic carbocycles. The summed E-state index contributed by atoms with van der Waals surface area (Å²) in [6.07, 6.45) is -5.19. The molecule has 1 aliphatic rings. The van der Waals surface area contributed by atoms with E-state index in [1.807, 2.05) is 6.92 Å². The maximum absolute atomic E-state index is 13.5. The van der Waals surface area contributed by atoms with Crippen LogP contribution in [0, 0.1) is 5.41 Å². The summed E-state index contributed by atoms with van der Waals surface area (Å²) in [4.78, 5) is 0. The molecule has 27 heavy (non-hydrogen) atoms. The molecule has 0 aromatic rings. The minimum absolute atomic E-state index is 0.0144. The first-order chi connectivity index (χ1) is 12.1. The molecule has 1 fully saturated rings. The van der Waals surface area contributed by atoms with Crippen molar-refractivity contribution in [2.75, 3.05) is 6.61 Å². The van der Waals surface area contributed by atoms with Gasteiger partial charge >= 0.3 is 6.18 Å². The van der Waals surface area contributed by atoms with Crippen molar-refractivity contribution in [2.24, 2.45) is 0 Å². The highest BCUT2D eigenvalue weighted by Crippen LogP contribution is 2.45. The van der Waals surface area contributed by atoms with E-state index in [-0.39, 0.29) is 11.6 Å². The fourth-order valence-corrected chi connectivity index (χ4v) is 4.69. The van der Waals surface area contributed by atoms with Gasteiger partial charge in [0.25, 0.3) is 0 Å². The highest BCUT2D eigenvalue weighted by Gasteiger charge is 2.50. The van der Waals surface area contributed by atoms with Crippen LogP contribution >= 0.6 is 0 Å². The van der Waals surface area contributed by atoms with Gasteiger partial charge in [0.2, 0.25) is 0 Å². The molecule has 0 aliphatic heterocycles. The molecule has 0 radical (unpaired) electrons. The normalized spacial score (nSPS) is 26.1. The Bertz CT molecular complexity index is 565. The van der Waals surface area contributed by atoms with Gasteiger partial charge in [-0.1, -0.05) is 20.8 Å². The molecule has 1 unspecified atom stereocenters. The number of rotatable bonds is 8. The topological polar surface area (TPSA) is 74.6 Å². The van der Waals surface area contributed by atoms with E-state index in [9.17, 15) is 18.3 Å². The molecule has 5 nitrogen and oxygen atoms in total. The molecule has 1 saturated carbocycles. The van der Waals surface area contributed by atoms with Crippen molar-refractivity contribution in [3.63, 3.8) is 0 Å². The number of allylic oxidation sites excluding steroid dienone is 1. The largest absolute Gasteiger partial charge is 0.431 e. The molecular formula is C18H33F3N2O3Si. The second-order valence-electron chi connectivity index (χ2n) is 8.84. The smallest absolute Gasteiger partial charge is 0.411 e. The molecule has 9 heteroatoms. The second kappa shape index (κ2) is 8.22. The van der Waals surface area contributed by atoms with E-state index in [1.54, 1.807) is 6.92 Å². The van der Waals surface area contributed by atoms with Crippen LogP contribution in [-0.4, -0.2) is 50.4 Å². The highest BCUT2D eigenvalue weighted by molar-refractivity contribution is 6.74. The minimum Gasteiger partial charge on any atom is -0.411 e. The lowest BCUT2D eigenvalue weighted by molar-refractivity contribution is -0.111. The van der Waals surface area contributed by atoms with Gasteiger partial charge in [0.05, 0.1) is 11.2 Å². The van der Waals surface area contributed by atoms with Crippen molar-refractivity contribution in [1.29, 1.82) is 5.41 Å². The average Bonchev–Trinajstić information content (AvgIpc) is 2.42. The van der Waals surface area contributed by atoms with E-state index in [0.29, 0.717) is 19.1 Å². The molecule has 0 aromatic heterocycles. The molecule has 3 N–H and O–H groups in total. The van der Waals surface area contributed by atoms with Crippen LogP contribution in [0.4, 0.5) is 13.2 Å². The SMILES string of the molecule is CCOC(O)/C(C=N)=C(/N[C@H]1C[C@@](C)(O[Si](C)(C)C(C)(C)C)C1)C(F)(F)F. The summed E-state index contributed by atoms with van der Waals surface area (Å²) in [5.74, 6) is 0. The Morgan fingerprint density at radius 1 is 1.33 bits per heavy atom. The molecular weight excluding hydrogens is 377 g/mol. The van der Waals surface area contributed by atoms with Gasteiger partial charge < -0.3 is 25.0 Å². The van der Waals surface area contributed by atoms with Crippen molar-refractivity contribution in [1.82, 2.24) is 5.32 Å². The summed E-state index contributed by atoms with van der Waals surface area (Å²) in [5.41, 5.74) is -2.22. The summed E-state index contributed by atoms with van der Waals surface area (Å²) >= 11 is 0. The zero-order valence-corrected chi connectivity index (χ0v) is 18.3. The number of alkyl halides is 3. The summed E-state index contributed by atoms with van der Waals surface area (Å²) < 4.78 is 51.7. The molecule has 158 valence electrons. The third-order valence-electron chi connectivity index (χ3n) is 5.33. The van der Waals surface area contributed by atoms with Crippen LogP contribution in [0.15, 0.2) is 11.3 Å². The van der Waals surface area contributed by atoms with E-state index in [2.05, 4.69) is 39.2 Å². The second-order valence-corrected chi connectivity index (χ2v) is 13.6. The molecule has 0 heterocycles. The van der Waals surface area contributed by atoms with Gasteiger partial charge in [-0.2, -0.15) is 13.2 Å². The lowest BCUT2D eigenvalue weighted by Crippen LogP contribution is -2.59. The fourth-order valence-electron chi connectivity index (χ4n) is 2.98. The Labute approximate surface area is 161 Å². The Hall–Kier alpha value is -0.903. The molecule has 0 spiro atoms. The molecule has 0 amide bonds. The fraction of sp³-hybridized carbons (Fsp3) is 0.833. The summed E-state index contributed by atoms with van der Waals surface area (Å²) in [5, 5.41) is 19.6. The van der Waals surface area contributed by atoms with Gasteiger partial charge in [-0.05, 0) is 44.8 Å². The van der Waals surface area contributed by atoms with Crippen LogP contribution in [-0.2, 0) is 9.16 Å². The Morgan fingerprint density at radius 3 is 2.22 bits per heavy atom. The van der Waals surface area contributed by atoms with Crippen molar-refractivity contribution < 1.29 is 27.4 Å². The number of hydrogen-bond acceptors (Lipinski definition) is 5. The van der Waals surface area contributed by atoms with Gasteiger partial charge in [-0.15, -0.1) is 0 Å². The molecule has 0 bridgehead atoms. The van der Waals surface area contributed by atoms with Crippen molar-refractivity contribution in [2.45, 2.75) is 89.7 Å². The summed E-state index contributed by atoms with van der Waals surface area (Å²) in [6, 6.07) is -0.444. The van der Waals surface area contributed by atoms with E-state index in [4.69, 9.17) is 14.6 Å². The number of halogens is 3. The zero-order chi connectivity index (χ0) is 21.3. The van der Waals surface area contributed by atoms with E-state index in [1.165, 1.54) is 0 Å². The van der Waals surface area contributed by atoms with Gasteiger partial charge in [-0.3, -0.25) is 0 Å². The van der Waals surface area contributed by atoms with Crippen LogP contribution in [0.1, 0.15) is 47.5 Å². The van der Waals surface area contributed by atoms with Gasteiger partial charge in [-0.25, -0.2) is 0 Å². The quantitative estimate of drug-likeness (QED) is 0.316. The summed E-state index contributed by atoms with van der Waals surface area (Å²) in [6.45, 7) is 14.1. The lowest BCUT2D eigenvalue weighted by atomic mass is 9.77. The third kappa shape index (κ3) is 6.04. The number of nitrogens with one attached hydrogen (secondary N) is 2. The van der Waals surface area contributed by atoms with E-state index >= 15 is 0 Å². The minimum atomic E-state index is -4.72. The Balaban J connectivity index is 2.92. The van der Waals surface area contributed by atoms with Gasteiger partial charge in [0.1, 0.15) is 5.70 Å². The molecule has 0 saturated heterocycles. The number of hydrogen-bond donors (Lipinski definition) is 3. The number of aliphatic hydroxyl groups excluding tert-OH is 1. The predicted molar refractivity (Wildman–Crippen MR) is 102 cm³/mol. The van der Waals surface area contributed by atoms with Crippen molar-refractivity contribution in [3.05, 3.63) is 11.3 Å². The van der Waals surface area contributed by atoms with Crippen LogP contribution < -0.4 is 5.32 Å². The maximum Gasteiger partial charge on any atom is 0.431 e. The first-order valence-corrected chi connectivity index (χ1v) is 12.1. The average molecular weight is 411 g/mol. The third-order valence-corrected chi connectivity index (χ3v) is 9.95. The Kier molecular flexibility index (Phi) is 7.35. The Morgan fingerprint density at radius 2 is 1.85 bits per heavy atom. The van der Waals surface area contributed by atoms with Crippen molar-refractivity contribution in [3.8, 4) is 0 Å². The molecule has 1 rings (SSSR count). The molecule has 0 aromatic carbocycles. The standard InChI is InChI=1S/C18H33F3N2O3Si/c1-8-25-15(24)13(11-22)14(18(19,20)21)23-12-9-17(5,10-12)26-27(6,7)16(2,3)4/h11-12,15,22-24H,8-10H2,1-7H3/b14-13+,22-11?/t12-,15?,17+. The highest BCUT2D eigenvalue weighted by atomic mass is 28.4. The maximum atomic E-state index is 13.5. The van der Waals surface area contributed by atoms with Crippen LogP contribution in [0.3, 0.4) is 0 Å². The van der Waals surface area contributed by atoms with Crippen LogP contribution in [0.2, 0.25) is 18.1 Å². The number of aliphatic hydroxyl groups is 1. The van der Waals surface area contributed by atoms with E-state index < -0.39 is 43.7 Å². The van der Waals surface area contributed by atoms with Crippen molar-refractivity contribution >= 4 is 14.5 Å². The monoisotopic (exact) mass is 410 g/mol. The van der Waals surface area contributed by atoms with Crippen LogP contribution in [0.5, 0.6) is 0 Å². The van der Waals surface area contributed by atoms with Gasteiger partial charge in [0.15, 0.2) is 14.6 Å². The van der Waals surface area contributed by atoms with E-state index in [0.717, 1.165) is 0 Å². The lowest BCUT2D eigenvalue weighted by Gasteiger charge is -2.52. The molecule has 1 atom stereocenters. The zero-order valence-electron chi connectivity index (χ0n) is 17.3. The number of ether oxygens (including phenoxy) is 1. The van der Waals surface area contributed by atoms with Gasteiger partial charge in [0, 0.05) is 18.9 Å². The predicted octanol–water partition coefficient (Wildman–Crippen LogP) is 4.34. The summed E-state index contributed by atoms with van der Waals surface area (Å²) in [7, 11) is -2.03. The first-order valence-electron chi connectivity index (χ1n) is 9.14. The first kappa shape index (κ1) is 24.1.